The highest BCUT2D eigenvalue weighted by atomic mass is 19.1. The van der Waals surface area contributed by atoms with E-state index in [0.717, 1.165) is 16.7 Å². The third-order valence-corrected chi connectivity index (χ3v) is 4.56. The molecular weight excluding hydrogens is 281 g/mol. The Morgan fingerprint density at radius 1 is 1.27 bits per heavy atom. The molecule has 2 aromatic carbocycles. The van der Waals surface area contributed by atoms with Crippen LogP contribution in [-0.2, 0) is 11.3 Å². The molecule has 3 atom stereocenters. The number of hydrogen-bond donors (Lipinski definition) is 1. The summed E-state index contributed by atoms with van der Waals surface area (Å²) in [6.45, 7) is 2.53. The van der Waals surface area contributed by atoms with Crippen molar-refractivity contribution in [3.8, 4) is 5.75 Å². The maximum Gasteiger partial charge on any atom is 0.227 e. The molecule has 22 heavy (non-hydrogen) atoms. The number of fused-ring (bicyclic) bond motifs is 3. The van der Waals surface area contributed by atoms with Crippen molar-refractivity contribution in [2.45, 2.75) is 25.5 Å². The van der Waals surface area contributed by atoms with Crippen molar-refractivity contribution in [1.29, 1.82) is 0 Å². The van der Waals surface area contributed by atoms with Gasteiger partial charge in [0, 0.05) is 18.0 Å². The molecule has 112 valence electrons. The smallest absolute Gasteiger partial charge is 0.227 e. The summed E-state index contributed by atoms with van der Waals surface area (Å²) in [6.07, 6.45) is -0.131. The van der Waals surface area contributed by atoms with E-state index in [1.165, 1.54) is 12.1 Å². The molecule has 4 rings (SSSR count). The normalized spacial score (nSPS) is 24.2. The molecule has 1 aliphatic heterocycles. The van der Waals surface area contributed by atoms with Crippen LogP contribution in [0.15, 0.2) is 42.5 Å². The number of hydrogen-bond acceptors (Lipinski definition) is 2. The first-order valence-corrected chi connectivity index (χ1v) is 7.43. The lowest BCUT2D eigenvalue weighted by molar-refractivity contribution is -0.123. The second-order valence-electron chi connectivity index (χ2n) is 5.96. The molecule has 2 aromatic rings. The average Bonchev–Trinajstić information content (AvgIpc) is 3.11. The highest BCUT2D eigenvalue weighted by Crippen LogP contribution is 2.58. The number of halogens is 1. The van der Waals surface area contributed by atoms with Crippen LogP contribution in [0.2, 0.25) is 0 Å². The Balaban J connectivity index is 1.43. The van der Waals surface area contributed by atoms with Crippen LogP contribution in [0.1, 0.15) is 22.6 Å². The maximum atomic E-state index is 13.3. The second kappa shape index (κ2) is 4.83. The Morgan fingerprint density at radius 2 is 2.09 bits per heavy atom. The molecule has 1 amide bonds. The van der Waals surface area contributed by atoms with E-state index >= 15 is 0 Å². The molecule has 1 saturated carbocycles. The van der Waals surface area contributed by atoms with E-state index in [1.807, 2.05) is 31.2 Å². The van der Waals surface area contributed by atoms with E-state index < -0.39 is 0 Å². The first-order chi connectivity index (χ1) is 10.6. The molecule has 0 bridgehead atoms. The fourth-order valence-electron chi connectivity index (χ4n) is 3.25. The Hall–Kier alpha value is -2.36. The molecule has 0 aromatic heterocycles. The predicted octanol–water partition coefficient (Wildman–Crippen LogP) is 2.92. The Kier molecular flexibility index (Phi) is 2.93. The SMILES string of the molecule is Cc1ccccc1CNC(=O)C1C2Oc3ccc(F)cc3C21. The van der Waals surface area contributed by atoms with Gasteiger partial charge < -0.3 is 10.1 Å². The van der Waals surface area contributed by atoms with Crippen LogP contribution in [-0.4, -0.2) is 12.0 Å². The molecule has 1 N–H and O–H groups in total. The molecule has 0 radical (unpaired) electrons. The average molecular weight is 297 g/mol. The fraction of sp³-hybridized carbons (Fsp3) is 0.278. The van der Waals surface area contributed by atoms with Gasteiger partial charge in [-0.2, -0.15) is 0 Å². The Labute approximate surface area is 128 Å². The lowest BCUT2D eigenvalue weighted by atomic mass is 10.1. The summed E-state index contributed by atoms with van der Waals surface area (Å²) < 4.78 is 19.1. The van der Waals surface area contributed by atoms with Crippen LogP contribution >= 0.6 is 0 Å². The summed E-state index contributed by atoms with van der Waals surface area (Å²) in [5.41, 5.74) is 3.08. The second-order valence-corrected chi connectivity index (χ2v) is 5.96. The van der Waals surface area contributed by atoms with Crippen LogP contribution in [0.4, 0.5) is 4.39 Å². The van der Waals surface area contributed by atoms with E-state index in [-0.39, 0.29) is 29.7 Å². The van der Waals surface area contributed by atoms with Gasteiger partial charge in [-0.25, -0.2) is 4.39 Å². The van der Waals surface area contributed by atoms with Gasteiger partial charge in [-0.05, 0) is 36.2 Å². The fourth-order valence-corrected chi connectivity index (χ4v) is 3.25. The number of amides is 1. The van der Waals surface area contributed by atoms with Gasteiger partial charge in [0.05, 0.1) is 5.92 Å². The maximum absolute atomic E-state index is 13.3. The van der Waals surface area contributed by atoms with Crippen LogP contribution in [0.3, 0.4) is 0 Å². The van der Waals surface area contributed by atoms with Gasteiger partial charge in [0.1, 0.15) is 17.7 Å². The largest absolute Gasteiger partial charge is 0.489 e. The monoisotopic (exact) mass is 297 g/mol. The van der Waals surface area contributed by atoms with Gasteiger partial charge in [-0.3, -0.25) is 4.79 Å². The number of benzene rings is 2. The third kappa shape index (κ3) is 2.06. The van der Waals surface area contributed by atoms with Crippen LogP contribution < -0.4 is 10.1 Å². The lowest BCUT2D eigenvalue weighted by Gasteiger charge is -2.10. The summed E-state index contributed by atoms with van der Waals surface area (Å²) in [7, 11) is 0. The van der Waals surface area contributed by atoms with Gasteiger partial charge in [0.25, 0.3) is 0 Å². The molecule has 3 nitrogen and oxygen atoms in total. The van der Waals surface area contributed by atoms with Crippen molar-refractivity contribution < 1.29 is 13.9 Å². The Morgan fingerprint density at radius 3 is 2.91 bits per heavy atom. The van der Waals surface area contributed by atoms with Crippen LogP contribution in [0, 0.1) is 18.7 Å². The molecule has 0 saturated heterocycles. The number of rotatable bonds is 3. The van der Waals surface area contributed by atoms with E-state index in [1.54, 1.807) is 6.07 Å². The molecule has 2 aliphatic rings. The number of ether oxygens (including phenoxy) is 1. The minimum atomic E-state index is -0.283. The summed E-state index contributed by atoms with van der Waals surface area (Å²) in [5, 5.41) is 2.96. The van der Waals surface area contributed by atoms with Crippen LogP contribution in [0.25, 0.3) is 0 Å². The predicted molar refractivity (Wildman–Crippen MR) is 80.1 cm³/mol. The molecule has 0 spiro atoms. The van der Waals surface area contributed by atoms with Crippen molar-refractivity contribution in [3.05, 3.63) is 65.0 Å². The zero-order valence-electron chi connectivity index (χ0n) is 12.2. The van der Waals surface area contributed by atoms with E-state index in [2.05, 4.69) is 5.32 Å². The number of carbonyl (C=O) groups is 1. The minimum Gasteiger partial charge on any atom is -0.489 e. The lowest BCUT2D eigenvalue weighted by Crippen LogP contribution is -2.27. The van der Waals surface area contributed by atoms with Gasteiger partial charge in [-0.1, -0.05) is 24.3 Å². The number of aryl methyl sites for hydroxylation is 1. The first-order valence-electron chi connectivity index (χ1n) is 7.43. The van der Waals surface area contributed by atoms with Gasteiger partial charge >= 0.3 is 0 Å². The van der Waals surface area contributed by atoms with Crippen molar-refractivity contribution in [2.75, 3.05) is 0 Å². The molecule has 1 heterocycles. The van der Waals surface area contributed by atoms with Crippen molar-refractivity contribution in [1.82, 2.24) is 5.32 Å². The first kappa shape index (κ1) is 13.3. The standard InChI is InChI=1S/C18H16FNO2/c1-10-4-2-3-5-11(10)9-20-18(21)16-15-13-8-12(19)6-7-14(13)22-17(15)16/h2-8,15-17H,9H2,1H3,(H,20,21). The van der Waals surface area contributed by atoms with E-state index in [4.69, 9.17) is 4.74 Å². The summed E-state index contributed by atoms with van der Waals surface area (Å²) in [5.74, 6) is 0.211. The van der Waals surface area contributed by atoms with E-state index in [0.29, 0.717) is 12.3 Å². The quantitative estimate of drug-likeness (QED) is 0.946. The van der Waals surface area contributed by atoms with Gasteiger partial charge in [-0.15, -0.1) is 0 Å². The van der Waals surface area contributed by atoms with E-state index in [9.17, 15) is 9.18 Å². The molecule has 1 fully saturated rings. The highest BCUT2D eigenvalue weighted by Gasteiger charge is 2.62. The van der Waals surface area contributed by atoms with Crippen molar-refractivity contribution >= 4 is 5.91 Å². The van der Waals surface area contributed by atoms with Crippen molar-refractivity contribution in [2.24, 2.45) is 5.92 Å². The van der Waals surface area contributed by atoms with Gasteiger partial charge in [0.2, 0.25) is 5.91 Å². The van der Waals surface area contributed by atoms with Crippen molar-refractivity contribution in [3.63, 3.8) is 0 Å². The summed E-state index contributed by atoms with van der Waals surface area (Å²) in [4.78, 5) is 12.3. The molecular formula is C18H16FNO2. The molecule has 1 aliphatic carbocycles. The van der Waals surface area contributed by atoms with Gasteiger partial charge in [0.15, 0.2) is 0 Å². The summed E-state index contributed by atoms with van der Waals surface area (Å²) >= 11 is 0. The number of carbonyl (C=O) groups excluding carboxylic acids is 1. The minimum absolute atomic E-state index is 0.00238. The molecule has 3 unspecified atom stereocenters. The summed E-state index contributed by atoms with van der Waals surface area (Å²) in [6, 6.07) is 12.5. The highest BCUT2D eigenvalue weighted by molar-refractivity contribution is 5.85. The Bertz CT molecular complexity index is 759. The zero-order chi connectivity index (χ0) is 15.3. The number of nitrogens with one attached hydrogen (secondary N) is 1. The van der Waals surface area contributed by atoms with Crippen LogP contribution in [0.5, 0.6) is 5.75 Å². The third-order valence-electron chi connectivity index (χ3n) is 4.56. The molecule has 4 heteroatoms. The zero-order valence-corrected chi connectivity index (χ0v) is 12.2. The topological polar surface area (TPSA) is 38.3 Å².